The van der Waals surface area contributed by atoms with E-state index in [0.717, 1.165) is 13.0 Å². The Morgan fingerprint density at radius 1 is 1.47 bits per heavy atom. The van der Waals surface area contributed by atoms with Crippen LogP contribution >= 0.6 is 0 Å². The van der Waals surface area contributed by atoms with Crippen LogP contribution in [-0.4, -0.2) is 29.4 Å². The van der Waals surface area contributed by atoms with Crippen LogP contribution in [0.5, 0.6) is 0 Å². The summed E-state index contributed by atoms with van der Waals surface area (Å²) in [5.41, 5.74) is 0. The highest BCUT2D eigenvalue weighted by atomic mass is 19.4. The van der Waals surface area contributed by atoms with Crippen LogP contribution in [0.1, 0.15) is 24.1 Å². The summed E-state index contributed by atoms with van der Waals surface area (Å²) in [6, 6.07) is 0. The third-order valence-corrected chi connectivity index (χ3v) is 2.25. The molecule has 4 nitrogen and oxygen atoms in total. The molecule has 1 aliphatic rings. The van der Waals surface area contributed by atoms with Gasteiger partial charge in [-0.25, -0.2) is 0 Å². The summed E-state index contributed by atoms with van der Waals surface area (Å²) in [5, 5.41) is 6.39. The van der Waals surface area contributed by atoms with E-state index in [-0.39, 0.29) is 11.7 Å². The SMILES string of the molecule is FC(F)(F)Cc1noc(C2CCNC2)n1. The van der Waals surface area contributed by atoms with Crippen molar-refractivity contribution in [1.29, 1.82) is 0 Å². The van der Waals surface area contributed by atoms with Gasteiger partial charge in [-0.15, -0.1) is 0 Å². The second-order valence-corrected chi connectivity index (χ2v) is 3.53. The number of hydrogen-bond donors (Lipinski definition) is 1. The number of alkyl halides is 3. The zero-order valence-electron chi connectivity index (χ0n) is 7.84. The summed E-state index contributed by atoms with van der Waals surface area (Å²) < 4.78 is 40.8. The van der Waals surface area contributed by atoms with Crippen molar-refractivity contribution in [3.63, 3.8) is 0 Å². The second kappa shape index (κ2) is 3.80. The maximum atomic E-state index is 12.0. The predicted octanol–water partition coefficient (Wildman–Crippen LogP) is 1.25. The molecule has 84 valence electrons. The average Bonchev–Trinajstić information content (AvgIpc) is 2.68. The Bertz CT molecular complexity index is 330. The van der Waals surface area contributed by atoms with Gasteiger partial charge in [0.15, 0.2) is 5.82 Å². The molecule has 1 N–H and O–H groups in total. The highest BCUT2D eigenvalue weighted by Crippen LogP contribution is 2.23. The van der Waals surface area contributed by atoms with E-state index in [1.807, 2.05) is 0 Å². The van der Waals surface area contributed by atoms with E-state index >= 15 is 0 Å². The van der Waals surface area contributed by atoms with Gasteiger partial charge >= 0.3 is 6.18 Å². The molecule has 7 heteroatoms. The number of nitrogens with zero attached hydrogens (tertiary/aromatic N) is 2. The molecule has 1 unspecified atom stereocenters. The molecule has 2 rings (SSSR count). The summed E-state index contributed by atoms with van der Waals surface area (Å²) in [6.45, 7) is 1.52. The molecule has 1 fully saturated rings. The highest BCUT2D eigenvalue weighted by molar-refractivity contribution is 4.98. The average molecular weight is 221 g/mol. The first-order chi connectivity index (χ1) is 7.04. The summed E-state index contributed by atoms with van der Waals surface area (Å²) in [4.78, 5) is 3.74. The Morgan fingerprint density at radius 3 is 2.87 bits per heavy atom. The molecule has 15 heavy (non-hydrogen) atoms. The molecular formula is C8H10F3N3O. The van der Waals surface area contributed by atoms with E-state index in [1.165, 1.54) is 0 Å². The molecule has 1 saturated heterocycles. The van der Waals surface area contributed by atoms with Gasteiger partial charge in [0.25, 0.3) is 0 Å². The minimum Gasteiger partial charge on any atom is -0.339 e. The quantitative estimate of drug-likeness (QED) is 0.816. The fourth-order valence-corrected chi connectivity index (χ4v) is 1.55. The van der Waals surface area contributed by atoms with Crippen LogP contribution in [0.15, 0.2) is 4.52 Å². The Kier molecular flexibility index (Phi) is 2.64. The minimum atomic E-state index is -4.28. The standard InChI is InChI=1S/C8H10F3N3O/c9-8(10,11)3-6-13-7(15-14-6)5-1-2-12-4-5/h5,12H,1-4H2. The fourth-order valence-electron chi connectivity index (χ4n) is 1.55. The van der Waals surface area contributed by atoms with E-state index in [1.54, 1.807) is 0 Å². The first-order valence-electron chi connectivity index (χ1n) is 4.64. The lowest BCUT2D eigenvalue weighted by Crippen LogP contribution is -2.13. The zero-order valence-corrected chi connectivity index (χ0v) is 7.84. The van der Waals surface area contributed by atoms with Crippen LogP contribution in [0.25, 0.3) is 0 Å². The normalized spacial score (nSPS) is 22.2. The Hall–Kier alpha value is -1.11. The Morgan fingerprint density at radius 2 is 2.27 bits per heavy atom. The summed E-state index contributed by atoms with van der Waals surface area (Å²) in [6.07, 6.45) is -4.58. The Labute approximate surface area is 83.8 Å². The van der Waals surface area contributed by atoms with E-state index < -0.39 is 12.6 Å². The first kappa shape index (κ1) is 10.4. The summed E-state index contributed by atoms with van der Waals surface area (Å²) in [5.74, 6) is 0.0723. The van der Waals surface area contributed by atoms with Gasteiger partial charge in [0, 0.05) is 6.54 Å². The molecule has 0 aromatic carbocycles. The molecule has 1 atom stereocenters. The third kappa shape index (κ3) is 2.68. The number of nitrogens with one attached hydrogen (secondary N) is 1. The maximum Gasteiger partial charge on any atom is 0.396 e. The molecular weight excluding hydrogens is 211 g/mol. The van der Waals surface area contributed by atoms with Crippen LogP contribution in [-0.2, 0) is 6.42 Å². The van der Waals surface area contributed by atoms with E-state index in [9.17, 15) is 13.2 Å². The van der Waals surface area contributed by atoms with Crippen LogP contribution in [0.4, 0.5) is 13.2 Å². The van der Waals surface area contributed by atoms with Gasteiger partial charge in [-0.2, -0.15) is 18.2 Å². The van der Waals surface area contributed by atoms with Gasteiger partial charge in [-0.05, 0) is 13.0 Å². The molecule has 0 amide bonds. The van der Waals surface area contributed by atoms with Gasteiger partial charge in [-0.1, -0.05) is 5.16 Å². The second-order valence-electron chi connectivity index (χ2n) is 3.53. The van der Waals surface area contributed by atoms with Gasteiger partial charge < -0.3 is 9.84 Å². The van der Waals surface area contributed by atoms with Crippen LogP contribution in [0, 0.1) is 0 Å². The number of rotatable bonds is 2. The van der Waals surface area contributed by atoms with Crippen molar-refractivity contribution in [2.75, 3.05) is 13.1 Å². The minimum absolute atomic E-state index is 0.0551. The topological polar surface area (TPSA) is 51.0 Å². The van der Waals surface area contributed by atoms with Crippen molar-refractivity contribution >= 4 is 0 Å². The van der Waals surface area contributed by atoms with Crippen molar-refractivity contribution in [3.8, 4) is 0 Å². The lowest BCUT2D eigenvalue weighted by atomic mass is 10.1. The van der Waals surface area contributed by atoms with Gasteiger partial charge in [0.2, 0.25) is 5.89 Å². The predicted molar refractivity (Wildman–Crippen MR) is 44.3 cm³/mol. The van der Waals surface area contributed by atoms with Crippen LogP contribution in [0.2, 0.25) is 0 Å². The van der Waals surface area contributed by atoms with Gasteiger partial charge in [0.05, 0.1) is 5.92 Å². The van der Waals surface area contributed by atoms with Crippen molar-refractivity contribution in [2.45, 2.75) is 24.9 Å². The van der Waals surface area contributed by atoms with Crippen molar-refractivity contribution in [1.82, 2.24) is 15.5 Å². The van der Waals surface area contributed by atoms with E-state index in [2.05, 4.69) is 15.5 Å². The zero-order chi connectivity index (χ0) is 10.9. The largest absolute Gasteiger partial charge is 0.396 e. The van der Waals surface area contributed by atoms with Gasteiger partial charge in [-0.3, -0.25) is 0 Å². The van der Waals surface area contributed by atoms with E-state index in [4.69, 9.17) is 4.52 Å². The molecule has 1 aromatic heterocycles. The van der Waals surface area contributed by atoms with Gasteiger partial charge in [0.1, 0.15) is 6.42 Å². The lowest BCUT2D eigenvalue weighted by Gasteiger charge is -2.00. The van der Waals surface area contributed by atoms with Crippen LogP contribution < -0.4 is 5.32 Å². The summed E-state index contributed by atoms with van der Waals surface area (Å²) >= 11 is 0. The summed E-state index contributed by atoms with van der Waals surface area (Å²) in [7, 11) is 0. The molecule has 2 heterocycles. The maximum absolute atomic E-state index is 12.0. The van der Waals surface area contributed by atoms with Crippen molar-refractivity contribution < 1.29 is 17.7 Å². The number of halogens is 3. The van der Waals surface area contributed by atoms with Crippen molar-refractivity contribution in [3.05, 3.63) is 11.7 Å². The smallest absolute Gasteiger partial charge is 0.339 e. The monoisotopic (exact) mass is 221 g/mol. The molecule has 0 saturated carbocycles. The van der Waals surface area contributed by atoms with Crippen molar-refractivity contribution in [2.24, 2.45) is 0 Å². The molecule has 0 bridgehead atoms. The molecule has 0 spiro atoms. The molecule has 0 aliphatic carbocycles. The highest BCUT2D eigenvalue weighted by Gasteiger charge is 2.31. The van der Waals surface area contributed by atoms with E-state index in [0.29, 0.717) is 12.4 Å². The molecule has 0 radical (unpaired) electrons. The lowest BCUT2D eigenvalue weighted by molar-refractivity contribution is -0.128. The van der Waals surface area contributed by atoms with Crippen LogP contribution in [0.3, 0.4) is 0 Å². The fraction of sp³-hybridized carbons (Fsp3) is 0.750. The molecule has 1 aliphatic heterocycles. The molecule has 1 aromatic rings. The Balaban J connectivity index is 2.03. The number of hydrogen-bond acceptors (Lipinski definition) is 4. The third-order valence-electron chi connectivity index (χ3n) is 2.25. The first-order valence-corrected chi connectivity index (χ1v) is 4.64. The number of aromatic nitrogens is 2.